The zero-order valence-corrected chi connectivity index (χ0v) is 43.9. The second-order valence-corrected chi connectivity index (χ2v) is 20.9. The van der Waals surface area contributed by atoms with Crippen molar-refractivity contribution < 1.29 is 28.6 Å². The average Bonchev–Trinajstić information content (AvgIpc) is 3.27. The van der Waals surface area contributed by atoms with Gasteiger partial charge in [-0.25, -0.2) is 0 Å². The highest BCUT2D eigenvalue weighted by molar-refractivity contribution is 5.71. The molecule has 0 aromatic rings. The third-order valence-corrected chi connectivity index (χ3v) is 13.2. The van der Waals surface area contributed by atoms with Crippen LogP contribution >= 0.6 is 0 Å². The van der Waals surface area contributed by atoms with Crippen molar-refractivity contribution in [2.45, 2.75) is 330 Å². The van der Waals surface area contributed by atoms with E-state index in [1.54, 1.807) is 0 Å². The summed E-state index contributed by atoms with van der Waals surface area (Å²) in [6, 6.07) is 0. The summed E-state index contributed by atoms with van der Waals surface area (Å²) in [6.45, 7) is 11.4. The normalized spacial score (nSPS) is 12.0. The van der Waals surface area contributed by atoms with E-state index in [4.69, 9.17) is 14.2 Å². The van der Waals surface area contributed by atoms with Crippen LogP contribution in [0.15, 0.2) is 0 Å². The fourth-order valence-corrected chi connectivity index (χ4v) is 8.87. The van der Waals surface area contributed by atoms with Crippen LogP contribution in [0.2, 0.25) is 0 Å². The monoisotopic (exact) mass is 905 g/mol. The van der Waals surface area contributed by atoms with E-state index in [1.807, 2.05) is 0 Å². The first-order valence-corrected chi connectivity index (χ1v) is 28.7. The molecule has 0 saturated carbocycles. The van der Waals surface area contributed by atoms with Crippen LogP contribution < -0.4 is 0 Å². The van der Waals surface area contributed by atoms with Gasteiger partial charge in [-0.2, -0.15) is 0 Å². The largest absolute Gasteiger partial charge is 0.462 e. The van der Waals surface area contributed by atoms with Crippen LogP contribution in [0.1, 0.15) is 324 Å². The van der Waals surface area contributed by atoms with Gasteiger partial charge in [0.25, 0.3) is 0 Å². The molecule has 1 atom stereocenters. The maximum atomic E-state index is 12.8. The molecule has 380 valence electrons. The lowest BCUT2D eigenvalue weighted by atomic mass is 10.0. The van der Waals surface area contributed by atoms with Crippen molar-refractivity contribution in [2.24, 2.45) is 11.8 Å². The molecule has 0 heterocycles. The molecule has 0 bridgehead atoms. The molecule has 0 aromatic heterocycles. The van der Waals surface area contributed by atoms with Crippen molar-refractivity contribution >= 4 is 17.9 Å². The molecule has 0 aliphatic heterocycles. The van der Waals surface area contributed by atoms with Gasteiger partial charge in [0.15, 0.2) is 6.10 Å². The summed E-state index contributed by atoms with van der Waals surface area (Å²) in [6.07, 6.45) is 53.8. The van der Waals surface area contributed by atoms with Crippen molar-refractivity contribution in [3.63, 3.8) is 0 Å². The summed E-state index contributed by atoms with van der Waals surface area (Å²) >= 11 is 0. The predicted molar refractivity (Wildman–Crippen MR) is 275 cm³/mol. The lowest BCUT2D eigenvalue weighted by molar-refractivity contribution is -0.167. The minimum atomic E-state index is -0.762. The Bertz CT molecular complexity index is 978. The van der Waals surface area contributed by atoms with Crippen molar-refractivity contribution in [2.75, 3.05) is 13.2 Å². The van der Waals surface area contributed by atoms with E-state index in [1.165, 1.54) is 212 Å². The molecule has 0 N–H and O–H groups in total. The zero-order chi connectivity index (χ0) is 46.8. The summed E-state index contributed by atoms with van der Waals surface area (Å²) in [4.78, 5) is 38.1. The SMILES string of the molecule is CCCCCCCCCCCCCCCC(=O)O[C@H](COC(=O)CCCCCCCCCCCCCCCCCCCCC(C)C)COC(=O)CCCCCCCCCCCC(C)C. The predicted octanol–water partition coefficient (Wildman–Crippen LogP) is 18.9. The molecule has 64 heavy (non-hydrogen) atoms. The molecular weight excluding hydrogens is 793 g/mol. The van der Waals surface area contributed by atoms with Gasteiger partial charge in [0.05, 0.1) is 0 Å². The van der Waals surface area contributed by atoms with E-state index >= 15 is 0 Å². The van der Waals surface area contributed by atoms with Crippen LogP contribution in [0.4, 0.5) is 0 Å². The smallest absolute Gasteiger partial charge is 0.306 e. The molecule has 0 aliphatic rings. The molecule has 0 aliphatic carbocycles. The standard InChI is InChI=1S/C58H112O6/c1-6-7-8-9-10-11-12-19-24-29-35-40-45-50-58(61)64-55(52-63-57(60)49-44-39-34-30-25-27-32-37-42-47-54(4)5)51-62-56(59)48-43-38-33-28-23-21-18-16-14-13-15-17-20-22-26-31-36-41-46-53(2)3/h53-55H,6-52H2,1-5H3/t55-/m1/s1. The number of esters is 3. The van der Waals surface area contributed by atoms with Gasteiger partial charge in [-0.05, 0) is 31.1 Å². The quantitative estimate of drug-likeness (QED) is 0.0344. The van der Waals surface area contributed by atoms with E-state index in [0.29, 0.717) is 19.3 Å². The Hall–Kier alpha value is -1.59. The molecule has 0 rings (SSSR count). The third-order valence-electron chi connectivity index (χ3n) is 13.2. The molecule has 6 heteroatoms. The Balaban J connectivity index is 4.22. The molecular formula is C58H112O6. The van der Waals surface area contributed by atoms with Crippen molar-refractivity contribution in [1.29, 1.82) is 0 Å². The molecule has 0 spiro atoms. The van der Waals surface area contributed by atoms with E-state index in [-0.39, 0.29) is 31.1 Å². The highest BCUT2D eigenvalue weighted by Crippen LogP contribution is 2.18. The number of carbonyl (C=O) groups is 3. The number of unbranched alkanes of at least 4 members (excludes halogenated alkanes) is 37. The Labute approximate surface area is 399 Å². The van der Waals surface area contributed by atoms with Gasteiger partial charge in [-0.3, -0.25) is 14.4 Å². The average molecular weight is 906 g/mol. The van der Waals surface area contributed by atoms with Gasteiger partial charge in [-0.1, -0.05) is 285 Å². The first kappa shape index (κ1) is 62.4. The topological polar surface area (TPSA) is 78.9 Å². The number of hydrogen-bond acceptors (Lipinski definition) is 6. The summed E-state index contributed by atoms with van der Waals surface area (Å²) < 4.78 is 16.9. The highest BCUT2D eigenvalue weighted by Gasteiger charge is 2.19. The maximum absolute atomic E-state index is 12.8. The minimum absolute atomic E-state index is 0.0629. The highest BCUT2D eigenvalue weighted by atomic mass is 16.6. The molecule has 6 nitrogen and oxygen atoms in total. The molecule has 0 unspecified atom stereocenters. The Morgan fingerprint density at radius 3 is 0.766 bits per heavy atom. The van der Waals surface area contributed by atoms with Crippen molar-refractivity contribution in [3.05, 3.63) is 0 Å². The zero-order valence-electron chi connectivity index (χ0n) is 43.9. The van der Waals surface area contributed by atoms with E-state index in [9.17, 15) is 14.4 Å². The minimum Gasteiger partial charge on any atom is -0.462 e. The fraction of sp³-hybridized carbons (Fsp3) is 0.948. The molecule has 0 radical (unpaired) electrons. The Kier molecular flexibility index (Phi) is 49.6. The lowest BCUT2D eigenvalue weighted by Gasteiger charge is -2.18. The van der Waals surface area contributed by atoms with Crippen LogP contribution in [0, 0.1) is 11.8 Å². The van der Waals surface area contributed by atoms with Gasteiger partial charge in [0, 0.05) is 19.3 Å². The van der Waals surface area contributed by atoms with Crippen molar-refractivity contribution in [3.8, 4) is 0 Å². The van der Waals surface area contributed by atoms with Crippen LogP contribution in [0.25, 0.3) is 0 Å². The molecule has 0 fully saturated rings. The van der Waals surface area contributed by atoms with Gasteiger partial charge in [0.2, 0.25) is 0 Å². The van der Waals surface area contributed by atoms with Gasteiger partial charge in [0.1, 0.15) is 13.2 Å². The van der Waals surface area contributed by atoms with E-state index in [0.717, 1.165) is 69.6 Å². The summed E-state index contributed by atoms with van der Waals surface area (Å²) in [7, 11) is 0. The van der Waals surface area contributed by atoms with Crippen LogP contribution in [-0.2, 0) is 28.6 Å². The molecule has 0 saturated heterocycles. The fourth-order valence-electron chi connectivity index (χ4n) is 8.87. The van der Waals surface area contributed by atoms with Gasteiger partial charge in [-0.15, -0.1) is 0 Å². The van der Waals surface area contributed by atoms with Crippen LogP contribution in [0.5, 0.6) is 0 Å². The van der Waals surface area contributed by atoms with E-state index < -0.39 is 6.10 Å². The lowest BCUT2D eigenvalue weighted by Crippen LogP contribution is -2.30. The van der Waals surface area contributed by atoms with Crippen molar-refractivity contribution in [1.82, 2.24) is 0 Å². The van der Waals surface area contributed by atoms with Gasteiger partial charge < -0.3 is 14.2 Å². The number of ether oxygens (including phenoxy) is 3. The molecule has 0 aromatic carbocycles. The summed E-state index contributed by atoms with van der Waals surface area (Å²) in [5.41, 5.74) is 0. The summed E-state index contributed by atoms with van der Waals surface area (Å²) in [5.74, 6) is 0.826. The Morgan fingerprint density at radius 1 is 0.297 bits per heavy atom. The number of rotatable bonds is 52. The second-order valence-electron chi connectivity index (χ2n) is 20.9. The van der Waals surface area contributed by atoms with Crippen LogP contribution in [-0.4, -0.2) is 37.2 Å². The second kappa shape index (κ2) is 50.8. The number of hydrogen-bond donors (Lipinski definition) is 0. The van der Waals surface area contributed by atoms with E-state index in [2.05, 4.69) is 34.6 Å². The van der Waals surface area contributed by atoms with Gasteiger partial charge >= 0.3 is 17.9 Å². The molecule has 0 amide bonds. The number of carbonyl (C=O) groups excluding carboxylic acids is 3. The Morgan fingerprint density at radius 2 is 0.516 bits per heavy atom. The first-order valence-electron chi connectivity index (χ1n) is 28.7. The summed E-state index contributed by atoms with van der Waals surface area (Å²) in [5, 5.41) is 0. The third kappa shape index (κ3) is 51.4. The first-order chi connectivity index (χ1) is 31.2. The maximum Gasteiger partial charge on any atom is 0.306 e. The van der Waals surface area contributed by atoms with Crippen LogP contribution in [0.3, 0.4) is 0 Å².